The standard InChI is InChI=1S/C12H19N3O3/c1-8-7-18-9(6-16)5-15(8)11-4-3-10(13)12(14-11)17-2/h3-4,8-9,16H,5-7,13H2,1-2H3. The molecule has 1 aliphatic rings. The fourth-order valence-corrected chi connectivity index (χ4v) is 2.01. The molecule has 3 N–H and O–H groups in total. The van der Waals surface area contributed by atoms with Gasteiger partial charge in [0.2, 0.25) is 5.88 Å². The van der Waals surface area contributed by atoms with E-state index in [-0.39, 0.29) is 18.8 Å². The molecule has 2 rings (SSSR count). The number of morpholine rings is 1. The second-order valence-corrected chi connectivity index (χ2v) is 4.41. The molecular formula is C12H19N3O3. The van der Waals surface area contributed by atoms with Gasteiger partial charge in [-0.3, -0.25) is 0 Å². The molecule has 0 radical (unpaired) electrons. The van der Waals surface area contributed by atoms with Crippen LogP contribution in [0.3, 0.4) is 0 Å². The van der Waals surface area contributed by atoms with Gasteiger partial charge in [-0.05, 0) is 19.1 Å². The SMILES string of the molecule is COc1nc(N2CC(CO)OCC2C)ccc1N. The third kappa shape index (κ3) is 2.49. The number of ether oxygens (including phenoxy) is 2. The lowest BCUT2D eigenvalue weighted by atomic mass is 10.2. The van der Waals surface area contributed by atoms with Crippen LogP contribution in [-0.2, 0) is 4.74 Å². The summed E-state index contributed by atoms with van der Waals surface area (Å²) < 4.78 is 10.6. The Balaban J connectivity index is 2.23. The van der Waals surface area contributed by atoms with Crippen LogP contribution in [0.1, 0.15) is 6.92 Å². The van der Waals surface area contributed by atoms with Gasteiger partial charge in [0.15, 0.2) is 0 Å². The van der Waals surface area contributed by atoms with Crippen molar-refractivity contribution in [3.63, 3.8) is 0 Å². The summed E-state index contributed by atoms with van der Waals surface area (Å²) in [4.78, 5) is 6.46. The number of pyridine rings is 1. The number of nitrogens with two attached hydrogens (primary N) is 1. The number of hydrogen-bond acceptors (Lipinski definition) is 6. The zero-order valence-corrected chi connectivity index (χ0v) is 10.7. The number of hydrogen-bond donors (Lipinski definition) is 2. The summed E-state index contributed by atoms with van der Waals surface area (Å²) in [7, 11) is 1.54. The number of aliphatic hydroxyl groups is 1. The topological polar surface area (TPSA) is 80.8 Å². The van der Waals surface area contributed by atoms with Crippen molar-refractivity contribution in [3.05, 3.63) is 12.1 Å². The van der Waals surface area contributed by atoms with Crippen molar-refractivity contribution in [1.29, 1.82) is 0 Å². The van der Waals surface area contributed by atoms with Gasteiger partial charge < -0.3 is 25.2 Å². The predicted molar refractivity (Wildman–Crippen MR) is 68.8 cm³/mol. The van der Waals surface area contributed by atoms with Crippen molar-refractivity contribution >= 4 is 11.5 Å². The summed E-state index contributed by atoms with van der Waals surface area (Å²) in [6.07, 6.45) is -0.174. The number of nitrogen functional groups attached to an aromatic ring is 1. The first-order valence-corrected chi connectivity index (χ1v) is 5.95. The number of nitrogens with zero attached hydrogens (tertiary/aromatic N) is 2. The molecule has 1 aliphatic heterocycles. The van der Waals surface area contributed by atoms with Gasteiger partial charge in [-0.25, -0.2) is 0 Å². The summed E-state index contributed by atoms with van der Waals surface area (Å²) in [6.45, 7) is 3.24. The van der Waals surface area contributed by atoms with Crippen LogP contribution in [0.15, 0.2) is 12.1 Å². The highest BCUT2D eigenvalue weighted by molar-refractivity contribution is 5.55. The molecule has 18 heavy (non-hydrogen) atoms. The van der Waals surface area contributed by atoms with E-state index in [1.165, 1.54) is 0 Å². The van der Waals surface area contributed by atoms with Gasteiger partial charge in [-0.15, -0.1) is 0 Å². The van der Waals surface area contributed by atoms with E-state index in [1.54, 1.807) is 13.2 Å². The fraction of sp³-hybridized carbons (Fsp3) is 0.583. The Labute approximate surface area is 106 Å². The second-order valence-electron chi connectivity index (χ2n) is 4.41. The van der Waals surface area contributed by atoms with Crippen LogP contribution in [0.25, 0.3) is 0 Å². The molecule has 1 aromatic rings. The van der Waals surface area contributed by atoms with Crippen molar-refractivity contribution in [2.45, 2.75) is 19.1 Å². The lowest BCUT2D eigenvalue weighted by Crippen LogP contribution is -2.50. The van der Waals surface area contributed by atoms with E-state index in [0.717, 1.165) is 5.82 Å². The van der Waals surface area contributed by atoms with E-state index in [1.807, 2.05) is 6.07 Å². The number of methoxy groups -OCH3 is 1. The molecule has 6 nitrogen and oxygen atoms in total. The monoisotopic (exact) mass is 253 g/mol. The number of aliphatic hydroxyl groups excluding tert-OH is 1. The summed E-state index contributed by atoms with van der Waals surface area (Å²) in [5.74, 6) is 1.21. The smallest absolute Gasteiger partial charge is 0.238 e. The molecule has 0 aromatic carbocycles. The molecule has 2 heterocycles. The molecule has 2 atom stereocenters. The molecule has 2 unspecified atom stereocenters. The number of anilines is 2. The van der Waals surface area contributed by atoms with Crippen LogP contribution in [0, 0.1) is 0 Å². The summed E-state index contributed by atoms with van der Waals surface area (Å²) in [5, 5.41) is 9.17. The molecule has 0 bridgehead atoms. The van der Waals surface area contributed by atoms with Crippen LogP contribution in [0.5, 0.6) is 5.88 Å². The average molecular weight is 253 g/mol. The fourth-order valence-electron chi connectivity index (χ4n) is 2.01. The van der Waals surface area contributed by atoms with Gasteiger partial charge in [-0.2, -0.15) is 4.98 Å². The van der Waals surface area contributed by atoms with Crippen molar-refractivity contribution < 1.29 is 14.6 Å². The van der Waals surface area contributed by atoms with Crippen LogP contribution in [0.4, 0.5) is 11.5 Å². The molecule has 0 saturated carbocycles. The average Bonchev–Trinajstić information content (AvgIpc) is 2.40. The normalized spacial score (nSPS) is 24.1. The molecule has 1 fully saturated rings. The van der Waals surface area contributed by atoms with Gasteiger partial charge in [0.25, 0.3) is 0 Å². The maximum Gasteiger partial charge on any atom is 0.238 e. The van der Waals surface area contributed by atoms with E-state index >= 15 is 0 Å². The Bertz CT molecular complexity index is 414. The lowest BCUT2D eigenvalue weighted by molar-refractivity contribution is -0.0106. The van der Waals surface area contributed by atoms with E-state index in [4.69, 9.17) is 15.2 Å². The number of aromatic nitrogens is 1. The third-order valence-corrected chi connectivity index (χ3v) is 3.07. The Morgan fingerprint density at radius 2 is 2.39 bits per heavy atom. The first-order chi connectivity index (χ1) is 8.65. The highest BCUT2D eigenvalue weighted by atomic mass is 16.5. The van der Waals surface area contributed by atoms with E-state index in [0.29, 0.717) is 24.7 Å². The Morgan fingerprint density at radius 3 is 3.06 bits per heavy atom. The van der Waals surface area contributed by atoms with Crippen molar-refractivity contribution in [3.8, 4) is 5.88 Å². The highest BCUT2D eigenvalue weighted by Gasteiger charge is 2.27. The molecular weight excluding hydrogens is 234 g/mol. The molecule has 0 amide bonds. The lowest BCUT2D eigenvalue weighted by Gasteiger charge is -2.38. The van der Waals surface area contributed by atoms with Crippen LogP contribution in [-0.4, -0.2) is 49.1 Å². The molecule has 1 aromatic heterocycles. The summed E-state index contributed by atoms with van der Waals surface area (Å²) in [5.41, 5.74) is 6.26. The Kier molecular flexibility index (Phi) is 3.88. The first-order valence-electron chi connectivity index (χ1n) is 5.95. The van der Waals surface area contributed by atoms with Crippen molar-refractivity contribution in [2.75, 3.05) is 37.5 Å². The quantitative estimate of drug-likeness (QED) is 0.804. The largest absolute Gasteiger partial charge is 0.479 e. The van der Waals surface area contributed by atoms with Crippen molar-refractivity contribution in [1.82, 2.24) is 4.98 Å². The van der Waals surface area contributed by atoms with Crippen LogP contribution >= 0.6 is 0 Å². The second kappa shape index (κ2) is 5.41. The third-order valence-electron chi connectivity index (χ3n) is 3.07. The van der Waals surface area contributed by atoms with Gasteiger partial charge in [0.1, 0.15) is 5.82 Å². The molecule has 100 valence electrons. The van der Waals surface area contributed by atoms with Gasteiger partial charge in [0.05, 0.1) is 38.2 Å². The summed E-state index contributed by atoms with van der Waals surface area (Å²) >= 11 is 0. The Hall–Kier alpha value is -1.53. The molecule has 0 spiro atoms. The van der Waals surface area contributed by atoms with Crippen LogP contribution in [0.2, 0.25) is 0 Å². The Morgan fingerprint density at radius 1 is 1.61 bits per heavy atom. The van der Waals surface area contributed by atoms with Gasteiger partial charge >= 0.3 is 0 Å². The van der Waals surface area contributed by atoms with E-state index < -0.39 is 0 Å². The molecule has 1 saturated heterocycles. The minimum atomic E-state index is -0.174. The highest BCUT2D eigenvalue weighted by Crippen LogP contribution is 2.25. The molecule has 6 heteroatoms. The van der Waals surface area contributed by atoms with Gasteiger partial charge in [-0.1, -0.05) is 0 Å². The van der Waals surface area contributed by atoms with E-state index in [9.17, 15) is 5.11 Å². The maximum atomic E-state index is 9.17. The minimum absolute atomic E-state index is 0.00925. The minimum Gasteiger partial charge on any atom is -0.479 e. The van der Waals surface area contributed by atoms with E-state index in [2.05, 4.69) is 16.8 Å². The zero-order chi connectivity index (χ0) is 13.1. The first kappa shape index (κ1) is 12.9. The predicted octanol–water partition coefficient (Wildman–Crippen LogP) is 0.258. The van der Waals surface area contributed by atoms with Crippen LogP contribution < -0.4 is 15.4 Å². The van der Waals surface area contributed by atoms with Gasteiger partial charge in [0, 0.05) is 6.54 Å². The summed E-state index contributed by atoms with van der Waals surface area (Å²) in [6, 6.07) is 3.83. The maximum absolute atomic E-state index is 9.17. The zero-order valence-electron chi connectivity index (χ0n) is 10.7. The van der Waals surface area contributed by atoms with Crippen molar-refractivity contribution in [2.24, 2.45) is 0 Å². The molecule has 0 aliphatic carbocycles. The number of rotatable bonds is 3.